The fourth-order valence-electron chi connectivity index (χ4n) is 7.34. The molecule has 0 aromatic rings. The van der Waals surface area contributed by atoms with Crippen LogP contribution in [-0.4, -0.2) is 49.9 Å². The van der Waals surface area contributed by atoms with E-state index in [-0.39, 0.29) is 32.3 Å². The highest BCUT2D eigenvalue weighted by Crippen LogP contribution is 2.43. The smallest absolute Gasteiger partial charge is 0.457 e. The first-order valence-electron chi connectivity index (χ1n) is 26.3. The third-order valence-electron chi connectivity index (χ3n) is 11.2. The Labute approximate surface area is 389 Å². The second-order valence-electron chi connectivity index (χ2n) is 17.4. The highest BCUT2D eigenvalue weighted by Gasteiger charge is 2.25. The average molecular weight is 906 g/mol. The van der Waals surface area contributed by atoms with E-state index < -0.39 is 13.9 Å². The molecule has 3 N–H and O–H groups in total. The Morgan fingerprint density at radius 2 is 0.889 bits per heavy atom. The summed E-state index contributed by atoms with van der Waals surface area (Å²) in [6, 6.07) is 0. The predicted octanol–water partition coefficient (Wildman–Crippen LogP) is 16.5. The van der Waals surface area contributed by atoms with Crippen molar-refractivity contribution < 1.29 is 32.8 Å². The number of esters is 1. The van der Waals surface area contributed by atoms with Crippen LogP contribution < -0.4 is 5.73 Å². The number of carbonyl (C=O) groups excluding carboxylic acids is 1. The molecule has 0 aromatic carbocycles. The van der Waals surface area contributed by atoms with Crippen LogP contribution >= 0.6 is 7.82 Å². The van der Waals surface area contributed by atoms with Crippen LogP contribution in [0.15, 0.2) is 60.8 Å². The van der Waals surface area contributed by atoms with Gasteiger partial charge in [0.2, 0.25) is 0 Å². The van der Waals surface area contributed by atoms with Gasteiger partial charge in [0.05, 0.1) is 19.8 Å². The van der Waals surface area contributed by atoms with E-state index in [0.717, 1.165) is 57.8 Å². The van der Waals surface area contributed by atoms with Crippen molar-refractivity contribution in [1.29, 1.82) is 0 Å². The second-order valence-corrected chi connectivity index (χ2v) is 18.8. The van der Waals surface area contributed by atoms with Crippen LogP contribution in [0.3, 0.4) is 0 Å². The maximum Gasteiger partial charge on any atom is 0.472 e. The summed E-state index contributed by atoms with van der Waals surface area (Å²) in [4.78, 5) is 22.6. The zero-order chi connectivity index (χ0) is 45.8. The number of phosphoric acid groups is 1. The van der Waals surface area contributed by atoms with E-state index in [9.17, 15) is 14.3 Å². The topological polar surface area (TPSA) is 117 Å². The molecule has 2 atom stereocenters. The van der Waals surface area contributed by atoms with E-state index in [2.05, 4.69) is 74.6 Å². The van der Waals surface area contributed by atoms with Crippen molar-refractivity contribution >= 4 is 13.8 Å². The molecule has 0 radical (unpaired) electrons. The molecule has 0 bridgehead atoms. The van der Waals surface area contributed by atoms with Crippen molar-refractivity contribution in [3.63, 3.8) is 0 Å². The maximum absolute atomic E-state index is 12.7. The molecule has 0 aliphatic rings. The molecular weight excluding hydrogens is 806 g/mol. The van der Waals surface area contributed by atoms with Gasteiger partial charge in [-0.05, 0) is 77.0 Å². The molecular formula is C54H100NO7P. The molecule has 0 spiro atoms. The second kappa shape index (κ2) is 51.2. The minimum Gasteiger partial charge on any atom is -0.457 e. The summed E-state index contributed by atoms with van der Waals surface area (Å²) in [5.41, 5.74) is 5.39. The van der Waals surface area contributed by atoms with E-state index in [1.54, 1.807) is 0 Å². The Hall–Kier alpha value is -1.80. The van der Waals surface area contributed by atoms with Crippen LogP contribution in [0.1, 0.15) is 239 Å². The Morgan fingerprint density at radius 3 is 1.35 bits per heavy atom. The lowest BCUT2D eigenvalue weighted by Crippen LogP contribution is -2.28. The molecule has 0 saturated carbocycles. The first-order valence-corrected chi connectivity index (χ1v) is 27.8. The van der Waals surface area contributed by atoms with Crippen LogP contribution in [0.2, 0.25) is 0 Å². The normalized spacial score (nSPS) is 13.8. The van der Waals surface area contributed by atoms with Crippen molar-refractivity contribution in [2.75, 3.05) is 33.0 Å². The van der Waals surface area contributed by atoms with Gasteiger partial charge >= 0.3 is 13.8 Å². The number of allylic oxidation sites excluding steroid dienone is 10. The Bertz CT molecular complexity index is 1150. The molecule has 0 aliphatic carbocycles. The zero-order valence-corrected chi connectivity index (χ0v) is 42.0. The van der Waals surface area contributed by atoms with Crippen molar-refractivity contribution in [1.82, 2.24) is 0 Å². The lowest BCUT2D eigenvalue weighted by molar-refractivity contribution is -0.154. The summed E-state index contributed by atoms with van der Waals surface area (Å²) in [6.07, 6.45) is 64.0. The van der Waals surface area contributed by atoms with E-state index in [0.29, 0.717) is 13.0 Å². The summed E-state index contributed by atoms with van der Waals surface area (Å²) in [5, 5.41) is 0. The minimum atomic E-state index is -4.29. The maximum atomic E-state index is 12.7. The summed E-state index contributed by atoms with van der Waals surface area (Å²) < 4.78 is 33.6. The van der Waals surface area contributed by atoms with Crippen molar-refractivity contribution in [3.05, 3.63) is 60.8 Å². The number of ether oxygens (including phenoxy) is 2. The number of nitrogens with two attached hydrogens (primary N) is 1. The van der Waals surface area contributed by atoms with Gasteiger partial charge in [-0.15, -0.1) is 0 Å². The standard InChI is InChI=1S/C54H100NO7P/c1-3-5-7-9-11-13-15-17-19-21-23-24-25-26-27-28-29-30-32-34-36-38-40-42-44-46-49-59-51-53(52-61-63(57,58)60-50-48-55)62-54(56)47-45-43-41-39-37-35-33-31-22-20-18-16-14-12-10-8-6-4-2/h5,7,11,13,17,19-20,22-24,53H,3-4,6,8-10,12,14-16,18,21,25-52,55H2,1-2H3,(H,57,58)/b7-5-,13-11-,19-17-,22-20-,24-23-. The third-order valence-corrected chi connectivity index (χ3v) is 12.2. The quantitative estimate of drug-likeness (QED) is 0.0268. The van der Waals surface area contributed by atoms with E-state index in [1.807, 2.05) is 0 Å². The molecule has 9 heteroatoms. The van der Waals surface area contributed by atoms with Crippen molar-refractivity contribution in [2.24, 2.45) is 5.73 Å². The SMILES string of the molecule is CC/C=C\C/C=C\C/C=C\C/C=C\CCCCCCCCCCCCCCCOCC(COP(=O)(O)OCCN)OC(=O)CCCCCCCCC/C=C\CCCCCCCCC. The van der Waals surface area contributed by atoms with Crippen molar-refractivity contribution in [2.45, 2.75) is 245 Å². The van der Waals surface area contributed by atoms with Gasteiger partial charge in [-0.25, -0.2) is 4.57 Å². The van der Waals surface area contributed by atoms with Crippen molar-refractivity contribution in [3.8, 4) is 0 Å². The Kier molecular flexibility index (Phi) is 49.7. The molecule has 0 saturated heterocycles. The van der Waals surface area contributed by atoms with Crippen LogP contribution in [0.25, 0.3) is 0 Å². The molecule has 0 fully saturated rings. The molecule has 368 valence electrons. The molecule has 0 amide bonds. The average Bonchev–Trinajstić information content (AvgIpc) is 3.28. The van der Waals surface area contributed by atoms with Crippen LogP contribution in [0.5, 0.6) is 0 Å². The molecule has 0 rings (SSSR count). The Balaban J connectivity index is 3.91. The number of hydrogen-bond acceptors (Lipinski definition) is 7. The van der Waals surface area contributed by atoms with E-state index in [1.165, 1.54) is 161 Å². The van der Waals surface area contributed by atoms with Crippen LogP contribution in [0, 0.1) is 0 Å². The summed E-state index contributed by atoms with van der Waals surface area (Å²) in [6.45, 7) is 4.83. The van der Waals surface area contributed by atoms with Crippen LogP contribution in [-0.2, 0) is 27.9 Å². The zero-order valence-electron chi connectivity index (χ0n) is 41.1. The van der Waals surface area contributed by atoms with E-state index >= 15 is 0 Å². The predicted molar refractivity (Wildman–Crippen MR) is 270 cm³/mol. The molecule has 2 unspecified atom stereocenters. The number of unbranched alkanes of at least 4 members (excludes halogenated alkanes) is 27. The molecule has 0 aliphatic heterocycles. The Morgan fingerprint density at radius 1 is 0.492 bits per heavy atom. The van der Waals surface area contributed by atoms with Gasteiger partial charge in [-0.2, -0.15) is 0 Å². The van der Waals surface area contributed by atoms with Gasteiger partial charge in [0.1, 0.15) is 6.10 Å². The lowest BCUT2D eigenvalue weighted by Gasteiger charge is -2.20. The number of carbonyl (C=O) groups is 1. The van der Waals surface area contributed by atoms with E-state index in [4.69, 9.17) is 24.3 Å². The van der Waals surface area contributed by atoms with Gasteiger partial charge in [0.25, 0.3) is 0 Å². The third kappa shape index (κ3) is 51.1. The van der Waals surface area contributed by atoms with Gasteiger partial charge in [-0.1, -0.05) is 216 Å². The van der Waals surface area contributed by atoms with Gasteiger partial charge in [0, 0.05) is 19.6 Å². The van der Waals surface area contributed by atoms with Gasteiger partial charge in [-0.3, -0.25) is 13.8 Å². The monoisotopic (exact) mass is 906 g/mol. The van der Waals surface area contributed by atoms with Crippen LogP contribution in [0.4, 0.5) is 0 Å². The number of hydrogen-bond donors (Lipinski definition) is 2. The fourth-order valence-corrected chi connectivity index (χ4v) is 8.10. The largest absolute Gasteiger partial charge is 0.472 e. The molecule has 63 heavy (non-hydrogen) atoms. The first-order chi connectivity index (χ1) is 30.9. The molecule has 0 aromatic heterocycles. The van der Waals surface area contributed by atoms with Gasteiger partial charge < -0.3 is 20.1 Å². The lowest BCUT2D eigenvalue weighted by atomic mass is 10.0. The molecule has 0 heterocycles. The highest BCUT2D eigenvalue weighted by atomic mass is 31.2. The molecule has 8 nitrogen and oxygen atoms in total. The summed E-state index contributed by atoms with van der Waals surface area (Å²) >= 11 is 0. The number of phosphoric ester groups is 1. The minimum absolute atomic E-state index is 0.0975. The number of rotatable bonds is 50. The van der Waals surface area contributed by atoms with Gasteiger partial charge in [0.15, 0.2) is 0 Å². The fraction of sp³-hybridized carbons (Fsp3) is 0.796. The first kappa shape index (κ1) is 61.2. The summed E-state index contributed by atoms with van der Waals surface area (Å²) in [5.74, 6) is -0.334. The highest BCUT2D eigenvalue weighted by molar-refractivity contribution is 7.47. The summed E-state index contributed by atoms with van der Waals surface area (Å²) in [7, 11) is -4.29.